The molecule has 0 radical (unpaired) electrons. The molecular formula is C66H44N2O. The highest BCUT2D eigenvalue weighted by Gasteiger charge is 2.21. The van der Waals surface area contributed by atoms with E-state index in [0.717, 1.165) is 78.1 Å². The first-order chi connectivity index (χ1) is 34.2. The van der Waals surface area contributed by atoms with Gasteiger partial charge in [-0.3, -0.25) is 0 Å². The third-order valence-corrected chi connectivity index (χ3v) is 13.6. The topological polar surface area (TPSA) is 21.3 Å². The summed E-state index contributed by atoms with van der Waals surface area (Å²) in [4.78, 5) is 2.41. The maximum atomic E-state index is 6.51. The molecule has 3 nitrogen and oxygen atoms in total. The highest BCUT2D eigenvalue weighted by Crippen LogP contribution is 2.45. The summed E-state index contributed by atoms with van der Waals surface area (Å²) < 4.78 is 8.93. The van der Waals surface area contributed by atoms with Gasteiger partial charge in [0.15, 0.2) is 0 Å². The van der Waals surface area contributed by atoms with Crippen molar-refractivity contribution in [2.24, 2.45) is 0 Å². The highest BCUT2D eigenvalue weighted by molar-refractivity contribution is 6.11. The number of rotatable bonds is 9. The van der Waals surface area contributed by atoms with Gasteiger partial charge < -0.3 is 13.9 Å². The molecule has 2 heterocycles. The van der Waals surface area contributed by atoms with Gasteiger partial charge in [0.05, 0.1) is 22.4 Å². The number of aromatic nitrogens is 1. The van der Waals surface area contributed by atoms with E-state index in [9.17, 15) is 0 Å². The normalized spacial score (nSPS) is 11.5. The lowest BCUT2D eigenvalue weighted by Gasteiger charge is -2.28. The van der Waals surface area contributed by atoms with Gasteiger partial charge in [-0.1, -0.05) is 212 Å². The van der Waals surface area contributed by atoms with Crippen LogP contribution in [0, 0.1) is 0 Å². The molecule has 324 valence electrons. The molecule has 0 N–H and O–H groups in total. The Bertz CT molecular complexity index is 3960. The van der Waals surface area contributed by atoms with E-state index >= 15 is 0 Å². The number of anilines is 3. The zero-order valence-electron chi connectivity index (χ0n) is 37.7. The van der Waals surface area contributed by atoms with Crippen LogP contribution in [0.3, 0.4) is 0 Å². The minimum Gasteiger partial charge on any atom is -0.455 e. The first kappa shape index (κ1) is 40.1. The molecular weight excluding hydrogens is 837 g/mol. The van der Waals surface area contributed by atoms with Crippen LogP contribution < -0.4 is 4.90 Å². The maximum absolute atomic E-state index is 6.51. The molecule has 0 saturated carbocycles. The molecule has 69 heavy (non-hydrogen) atoms. The van der Waals surface area contributed by atoms with Crippen LogP contribution in [0.4, 0.5) is 17.1 Å². The first-order valence-electron chi connectivity index (χ1n) is 23.6. The van der Waals surface area contributed by atoms with Crippen LogP contribution in [0.1, 0.15) is 0 Å². The molecule has 0 aliphatic rings. The van der Waals surface area contributed by atoms with E-state index in [4.69, 9.17) is 4.42 Å². The Morgan fingerprint density at radius 2 is 0.797 bits per heavy atom. The van der Waals surface area contributed by atoms with Gasteiger partial charge in [0.25, 0.3) is 0 Å². The quantitative estimate of drug-likeness (QED) is 0.144. The Hall–Kier alpha value is -9.18. The summed E-state index contributed by atoms with van der Waals surface area (Å²) in [5, 5.41) is 4.74. The predicted octanol–water partition coefficient (Wildman–Crippen LogP) is 18.5. The van der Waals surface area contributed by atoms with Gasteiger partial charge in [-0.15, -0.1) is 0 Å². The van der Waals surface area contributed by atoms with Crippen molar-refractivity contribution in [2.75, 3.05) is 4.90 Å². The zero-order chi connectivity index (χ0) is 45.7. The molecule has 2 aromatic heterocycles. The summed E-state index contributed by atoms with van der Waals surface area (Å²) >= 11 is 0. The van der Waals surface area contributed by atoms with E-state index in [1.165, 1.54) is 44.1 Å². The smallest absolute Gasteiger partial charge is 0.143 e. The van der Waals surface area contributed by atoms with Gasteiger partial charge in [0.2, 0.25) is 0 Å². The molecule has 13 aromatic rings. The van der Waals surface area contributed by atoms with Gasteiger partial charge in [-0.05, 0) is 93.5 Å². The molecule has 0 aliphatic carbocycles. The van der Waals surface area contributed by atoms with Crippen molar-refractivity contribution in [3.05, 3.63) is 267 Å². The van der Waals surface area contributed by atoms with Crippen molar-refractivity contribution < 1.29 is 4.42 Å². The van der Waals surface area contributed by atoms with E-state index in [0.29, 0.717) is 0 Å². The summed E-state index contributed by atoms with van der Waals surface area (Å²) in [6, 6.07) is 96.1. The maximum Gasteiger partial charge on any atom is 0.143 e. The second-order valence-corrected chi connectivity index (χ2v) is 17.6. The molecule has 3 heteroatoms. The summed E-state index contributed by atoms with van der Waals surface area (Å²) in [6.07, 6.45) is 0. The number of benzene rings is 11. The SMILES string of the molecule is c1ccc(-c2ccc(-c3ccccc3N(c3ccc(-c4cccc5c4oc4ccccc45)cc3)c3cccc(-c4ccccc4-c4ccccc4-n4c5ccccc5c5ccccc54)c3)cc2)cc1. The number of hydrogen-bond acceptors (Lipinski definition) is 2. The minimum absolute atomic E-state index is 0.896. The molecule has 0 unspecified atom stereocenters. The Balaban J connectivity index is 0.957. The summed E-state index contributed by atoms with van der Waals surface area (Å²) in [5.41, 5.74) is 20.0. The highest BCUT2D eigenvalue weighted by atomic mass is 16.3. The molecule has 13 rings (SSSR count). The molecule has 0 amide bonds. The Labute approximate surface area is 401 Å². The second-order valence-electron chi connectivity index (χ2n) is 17.6. The molecule has 0 fully saturated rings. The Kier molecular flexibility index (Phi) is 9.84. The molecule has 0 aliphatic heterocycles. The molecule has 0 saturated heterocycles. The van der Waals surface area contributed by atoms with Crippen LogP contribution >= 0.6 is 0 Å². The van der Waals surface area contributed by atoms with Gasteiger partial charge in [-0.2, -0.15) is 0 Å². The van der Waals surface area contributed by atoms with Crippen LogP contribution in [0.25, 0.3) is 105 Å². The van der Waals surface area contributed by atoms with E-state index < -0.39 is 0 Å². The van der Waals surface area contributed by atoms with Crippen molar-refractivity contribution in [2.45, 2.75) is 0 Å². The Morgan fingerprint density at radius 3 is 1.57 bits per heavy atom. The fraction of sp³-hybridized carbons (Fsp3) is 0. The van der Waals surface area contributed by atoms with Gasteiger partial charge in [-0.25, -0.2) is 0 Å². The third-order valence-electron chi connectivity index (χ3n) is 13.6. The third kappa shape index (κ3) is 6.99. The van der Waals surface area contributed by atoms with Crippen LogP contribution in [-0.4, -0.2) is 4.57 Å². The lowest BCUT2D eigenvalue weighted by Crippen LogP contribution is -2.11. The second kappa shape index (κ2) is 16.9. The van der Waals surface area contributed by atoms with E-state index in [1.807, 2.05) is 12.1 Å². The Morgan fingerprint density at radius 1 is 0.290 bits per heavy atom. The number of furan rings is 1. The van der Waals surface area contributed by atoms with Crippen LogP contribution in [-0.2, 0) is 0 Å². The van der Waals surface area contributed by atoms with Crippen molar-refractivity contribution >= 4 is 60.8 Å². The van der Waals surface area contributed by atoms with Crippen LogP contribution in [0.15, 0.2) is 271 Å². The number of nitrogens with zero attached hydrogens (tertiary/aromatic N) is 2. The van der Waals surface area contributed by atoms with Gasteiger partial charge >= 0.3 is 0 Å². The fourth-order valence-corrected chi connectivity index (χ4v) is 10.4. The van der Waals surface area contributed by atoms with Crippen molar-refractivity contribution in [1.82, 2.24) is 4.57 Å². The average Bonchev–Trinajstić information content (AvgIpc) is 3.98. The van der Waals surface area contributed by atoms with Crippen LogP contribution in [0.5, 0.6) is 0 Å². The minimum atomic E-state index is 0.896. The van der Waals surface area contributed by atoms with Crippen LogP contribution in [0.2, 0.25) is 0 Å². The van der Waals surface area contributed by atoms with Gasteiger partial charge in [0.1, 0.15) is 11.2 Å². The number of fused-ring (bicyclic) bond motifs is 6. The lowest BCUT2D eigenvalue weighted by molar-refractivity contribution is 0.670. The molecule has 0 atom stereocenters. The van der Waals surface area contributed by atoms with E-state index in [-0.39, 0.29) is 0 Å². The van der Waals surface area contributed by atoms with Crippen molar-refractivity contribution in [3.63, 3.8) is 0 Å². The molecule has 11 aromatic carbocycles. The molecule has 0 bridgehead atoms. The molecule has 0 spiro atoms. The predicted molar refractivity (Wildman–Crippen MR) is 290 cm³/mol. The lowest BCUT2D eigenvalue weighted by atomic mass is 9.93. The zero-order valence-corrected chi connectivity index (χ0v) is 37.7. The summed E-state index contributed by atoms with van der Waals surface area (Å²) in [5.74, 6) is 0. The van der Waals surface area contributed by atoms with E-state index in [1.54, 1.807) is 0 Å². The summed E-state index contributed by atoms with van der Waals surface area (Å²) in [7, 11) is 0. The van der Waals surface area contributed by atoms with E-state index in [2.05, 4.69) is 264 Å². The average molecular weight is 881 g/mol. The standard InChI is InChI=1S/C66H44N2O/c1-2-18-45(19-3-1)46-36-38-47(39-37-46)53-23-6-11-31-61(53)67(50-42-40-48(41-43-50)54-29-17-30-60-59-28-10-15-35-65(59)69-66(54)60)51-21-16-20-49(44-51)52-22-4-5-24-55(52)56-25-7-12-32-62(56)68-63-33-13-8-26-57(63)58-27-9-14-34-64(58)68/h1-44H. The van der Waals surface area contributed by atoms with Crippen molar-refractivity contribution in [3.8, 4) is 61.3 Å². The first-order valence-corrected chi connectivity index (χ1v) is 23.6. The van der Waals surface area contributed by atoms with Crippen molar-refractivity contribution in [1.29, 1.82) is 0 Å². The monoisotopic (exact) mass is 880 g/mol. The fourth-order valence-electron chi connectivity index (χ4n) is 10.4. The summed E-state index contributed by atoms with van der Waals surface area (Å²) in [6.45, 7) is 0. The van der Waals surface area contributed by atoms with Gasteiger partial charge in [0, 0.05) is 49.6 Å². The number of hydrogen-bond donors (Lipinski definition) is 0. The number of para-hydroxylation sites is 6. The largest absolute Gasteiger partial charge is 0.455 e.